The average Bonchev–Trinajstić information content (AvgIpc) is 2.91. The molecule has 0 bridgehead atoms. The number of amides is 3. The lowest BCUT2D eigenvalue weighted by atomic mass is 9.96. The van der Waals surface area contributed by atoms with Crippen LogP contribution in [0.25, 0.3) is 11.0 Å². The van der Waals surface area contributed by atoms with Crippen molar-refractivity contribution in [3.05, 3.63) is 24.3 Å². The Morgan fingerprint density at radius 2 is 1.95 bits per heavy atom. The maximum Gasteiger partial charge on any atom is 0.321 e. The Kier molecular flexibility index (Phi) is 4.32. The van der Waals surface area contributed by atoms with Gasteiger partial charge in [-0.25, -0.2) is 9.48 Å². The van der Waals surface area contributed by atoms with E-state index in [1.54, 1.807) is 0 Å². The van der Waals surface area contributed by atoms with Crippen LogP contribution >= 0.6 is 0 Å². The van der Waals surface area contributed by atoms with E-state index in [-0.39, 0.29) is 12.6 Å². The second-order valence-electron chi connectivity index (χ2n) is 5.59. The van der Waals surface area contributed by atoms with Crippen LogP contribution in [0.1, 0.15) is 32.1 Å². The van der Waals surface area contributed by atoms with Gasteiger partial charge < -0.3 is 5.32 Å². The van der Waals surface area contributed by atoms with Crippen molar-refractivity contribution in [2.75, 3.05) is 0 Å². The van der Waals surface area contributed by atoms with Crippen LogP contribution in [0.2, 0.25) is 0 Å². The topological polar surface area (TPSA) is 88.9 Å². The zero-order chi connectivity index (χ0) is 15.4. The largest absolute Gasteiger partial charge is 0.335 e. The molecule has 116 valence electrons. The summed E-state index contributed by atoms with van der Waals surface area (Å²) in [5, 5.41) is 13.1. The highest BCUT2D eigenvalue weighted by Crippen LogP contribution is 2.17. The monoisotopic (exact) mass is 301 g/mol. The van der Waals surface area contributed by atoms with Gasteiger partial charge in [0.25, 0.3) is 0 Å². The van der Waals surface area contributed by atoms with E-state index >= 15 is 0 Å². The number of fused-ring (bicyclic) bond motifs is 1. The molecule has 0 spiro atoms. The van der Waals surface area contributed by atoms with E-state index < -0.39 is 11.9 Å². The zero-order valence-electron chi connectivity index (χ0n) is 12.3. The highest BCUT2D eigenvalue weighted by Gasteiger charge is 2.17. The Morgan fingerprint density at radius 1 is 1.18 bits per heavy atom. The number of hydrogen-bond donors (Lipinski definition) is 2. The van der Waals surface area contributed by atoms with E-state index in [9.17, 15) is 9.59 Å². The number of para-hydroxylation sites is 1. The van der Waals surface area contributed by atoms with Crippen LogP contribution in [0.3, 0.4) is 0 Å². The number of rotatable bonds is 3. The first-order chi connectivity index (χ1) is 10.7. The minimum atomic E-state index is -0.429. The number of nitrogens with zero attached hydrogens (tertiary/aromatic N) is 3. The molecule has 1 fully saturated rings. The van der Waals surface area contributed by atoms with Gasteiger partial charge in [-0.3, -0.25) is 10.1 Å². The van der Waals surface area contributed by atoms with E-state index in [1.807, 2.05) is 24.3 Å². The lowest BCUT2D eigenvalue weighted by Crippen LogP contribution is -2.46. The smallest absolute Gasteiger partial charge is 0.321 e. The van der Waals surface area contributed by atoms with E-state index in [4.69, 9.17) is 0 Å². The van der Waals surface area contributed by atoms with Crippen molar-refractivity contribution in [2.24, 2.45) is 0 Å². The summed E-state index contributed by atoms with van der Waals surface area (Å²) < 4.78 is 1.48. The molecule has 3 amide bonds. The summed E-state index contributed by atoms with van der Waals surface area (Å²) in [6.45, 7) is -0.0292. The summed E-state index contributed by atoms with van der Waals surface area (Å²) in [7, 11) is 0. The van der Waals surface area contributed by atoms with Crippen molar-refractivity contribution in [3.63, 3.8) is 0 Å². The third-order valence-electron chi connectivity index (χ3n) is 3.91. The summed E-state index contributed by atoms with van der Waals surface area (Å²) >= 11 is 0. The standard InChI is InChI=1S/C15H19N5O2/c21-14(17-15(22)16-11-6-2-1-3-7-11)10-20-13-9-5-4-8-12(13)18-19-20/h4-5,8-9,11H,1-3,6-7,10H2,(H2,16,17,21,22). The maximum absolute atomic E-state index is 11.9. The van der Waals surface area contributed by atoms with Gasteiger partial charge in [-0.05, 0) is 25.0 Å². The number of hydrogen-bond acceptors (Lipinski definition) is 4. The molecule has 1 aromatic carbocycles. The quantitative estimate of drug-likeness (QED) is 0.901. The van der Waals surface area contributed by atoms with Gasteiger partial charge in [0.15, 0.2) is 0 Å². The van der Waals surface area contributed by atoms with Gasteiger partial charge in [-0.1, -0.05) is 36.6 Å². The van der Waals surface area contributed by atoms with Gasteiger partial charge >= 0.3 is 6.03 Å². The van der Waals surface area contributed by atoms with Crippen LogP contribution in [-0.4, -0.2) is 33.0 Å². The number of imide groups is 1. The van der Waals surface area contributed by atoms with E-state index in [1.165, 1.54) is 11.1 Å². The fraction of sp³-hybridized carbons (Fsp3) is 0.467. The molecule has 1 aliphatic carbocycles. The number of aromatic nitrogens is 3. The Hall–Kier alpha value is -2.44. The first-order valence-electron chi connectivity index (χ1n) is 7.61. The normalized spacial score (nSPS) is 15.6. The van der Waals surface area contributed by atoms with Crippen molar-refractivity contribution >= 4 is 23.0 Å². The van der Waals surface area contributed by atoms with E-state index in [2.05, 4.69) is 20.9 Å². The van der Waals surface area contributed by atoms with Crippen LogP contribution in [0.5, 0.6) is 0 Å². The van der Waals surface area contributed by atoms with Crippen molar-refractivity contribution in [2.45, 2.75) is 44.7 Å². The summed E-state index contributed by atoms with van der Waals surface area (Å²) in [6.07, 6.45) is 5.44. The third kappa shape index (κ3) is 3.41. The first-order valence-corrected chi connectivity index (χ1v) is 7.61. The van der Waals surface area contributed by atoms with Gasteiger partial charge in [-0.15, -0.1) is 5.10 Å². The number of carbonyl (C=O) groups is 2. The molecule has 1 aliphatic rings. The molecule has 2 N–H and O–H groups in total. The second-order valence-corrected chi connectivity index (χ2v) is 5.59. The maximum atomic E-state index is 11.9. The number of benzene rings is 1. The molecular formula is C15H19N5O2. The fourth-order valence-electron chi connectivity index (χ4n) is 2.80. The Labute approximate surface area is 128 Å². The molecule has 1 aromatic heterocycles. The molecule has 7 heteroatoms. The molecule has 0 saturated heterocycles. The van der Waals surface area contributed by atoms with E-state index in [0.29, 0.717) is 0 Å². The van der Waals surface area contributed by atoms with Gasteiger partial charge in [-0.2, -0.15) is 0 Å². The number of carbonyl (C=O) groups excluding carboxylic acids is 2. The molecule has 2 aromatic rings. The number of nitrogens with one attached hydrogen (secondary N) is 2. The van der Waals surface area contributed by atoms with Gasteiger partial charge in [0.1, 0.15) is 12.1 Å². The van der Waals surface area contributed by atoms with Crippen LogP contribution in [0, 0.1) is 0 Å². The third-order valence-corrected chi connectivity index (χ3v) is 3.91. The summed E-state index contributed by atoms with van der Waals surface area (Å²) in [5.41, 5.74) is 1.49. The van der Waals surface area contributed by atoms with E-state index in [0.717, 1.165) is 36.7 Å². The minimum Gasteiger partial charge on any atom is -0.335 e. The minimum absolute atomic E-state index is 0.0292. The van der Waals surface area contributed by atoms with Gasteiger partial charge in [0.2, 0.25) is 5.91 Å². The molecule has 0 atom stereocenters. The number of urea groups is 1. The van der Waals surface area contributed by atoms with Crippen molar-refractivity contribution in [3.8, 4) is 0 Å². The highest BCUT2D eigenvalue weighted by molar-refractivity contribution is 5.94. The molecule has 7 nitrogen and oxygen atoms in total. The Balaban J connectivity index is 1.54. The SMILES string of the molecule is O=C(Cn1nnc2ccccc21)NC(=O)NC1CCCCC1. The summed E-state index contributed by atoms with van der Waals surface area (Å²) in [6, 6.07) is 7.13. The van der Waals surface area contributed by atoms with Gasteiger partial charge in [0, 0.05) is 6.04 Å². The molecule has 0 radical (unpaired) electrons. The van der Waals surface area contributed by atoms with Gasteiger partial charge in [0.05, 0.1) is 5.52 Å². The van der Waals surface area contributed by atoms with Crippen molar-refractivity contribution < 1.29 is 9.59 Å². The average molecular weight is 301 g/mol. The van der Waals surface area contributed by atoms with Crippen molar-refractivity contribution in [1.82, 2.24) is 25.6 Å². The van der Waals surface area contributed by atoms with Crippen LogP contribution < -0.4 is 10.6 Å². The predicted octanol–water partition coefficient (Wildman–Crippen LogP) is 1.59. The summed E-state index contributed by atoms with van der Waals surface area (Å²) in [5.74, 6) is -0.399. The lowest BCUT2D eigenvalue weighted by molar-refractivity contribution is -0.120. The molecule has 1 saturated carbocycles. The zero-order valence-corrected chi connectivity index (χ0v) is 12.3. The molecule has 1 heterocycles. The lowest BCUT2D eigenvalue weighted by Gasteiger charge is -2.22. The molecule has 3 rings (SSSR count). The highest BCUT2D eigenvalue weighted by atomic mass is 16.2. The van der Waals surface area contributed by atoms with Crippen LogP contribution in [0.4, 0.5) is 4.79 Å². The Morgan fingerprint density at radius 3 is 2.77 bits per heavy atom. The first kappa shape index (κ1) is 14.5. The molecule has 22 heavy (non-hydrogen) atoms. The van der Waals surface area contributed by atoms with Crippen molar-refractivity contribution in [1.29, 1.82) is 0 Å². The summed E-state index contributed by atoms with van der Waals surface area (Å²) in [4.78, 5) is 23.8. The second kappa shape index (κ2) is 6.55. The Bertz CT molecular complexity index is 675. The fourth-order valence-corrected chi connectivity index (χ4v) is 2.80. The molecular weight excluding hydrogens is 282 g/mol. The molecule has 0 aliphatic heterocycles. The van der Waals surface area contributed by atoms with Crippen LogP contribution in [-0.2, 0) is 11.3 Å². The predicted molar refractivity (Wildman–Crippen MR) is 81.1 cm³/mol. The van der Waals surface area contributed by atoms with Crippen LogP contribution in [0.15, 0.2) is 24.3 Å². The molecule has 0 unspecified atom stereocenters.